The zero-order valence-corrected chi connectivity index (χ0v) is 30.3. The summed E-state index contributed by atoms with van der Waals surface area (Å²) in [5.41, 5.74) is 12.1. The van der Waals surface area contributed by atoms with Crippen molar-refractivity contribution in [3.05, 3.63) is 48.0 Å². The Morgan fingerprint density at radius 1 is 0.963 bits per heavy atom. The summed E-state index contributed by atoms with van der Waals surface area (Å²) in [4.78, 5) is 116. The van der Waals surface area contributed by atoms with Gasteiger partial charge in [-0.05, 0) is 56.3 Å². The standard InChI is InChI=1S/C32H46N9O12P/c1-18(42)37-24(13-19-7-9-21(10-8-19)53-54(50,51)52)29(46)40-25(15-27(43)44)30(47)38-22(5-2-3-11-33)32(49)41-12-4-6-26(41)31(48)39-23(28(34)45)14-20-16-35-17-36-20/h7-10,16-17,22-26H,2-6,11-15,33H2,1H3,(H2,34,45)(H,35,36)(H,37,42)(H,38,47)(H,39,48)(H,40,46)(H,43,44)(H2,50,51,52)/t22-,23-,24-,25-,26-/m0/s1. The van der Waals surface area contributed by atoms with Crippen molar-refractivity contribution in [1.82, 2.24) is 36.1 Å². The van der Waals surface area contributed by atoms with Gasteiger partial charge in [-0.15, -0.1) is 0 Å². The van der Waals surface area contributed by atoms with E-state index in [1.807, 2.05) is 0 Å². The van der Waals surface area contributed by atoms with Gasteiger partial charge in [-0.25, -0.2) is 9.55 Å². The molecule has 1 fully saturated rings. The Labute approximate surface area is 309 Å². The number of carboxylic acid groups (broad SMARTS) is 1. The molecule has 0 unspecified atom stereocenters. The molecule has 6 amide bonds. The van der Waals surface area contributed by atoms with Crippen LogP contribution in [-0.2, 0) is 51.0 Å². The number of aromatic amines is 1. The van der Waals surface area contributed by atoms with Gasteiger partial charge in [0.2, 0.25) is 35.4 Å². The number of unbranched alkanes of at least 4 members (excludes halogenated alkanes) is 1. The molecular formula is C32H46N9O12P. The molecule has 1 saturated heterocycles. The van der Waals surface area contributed by atoms with Crippen molar-refractivity contribution in [2.75, 3.05) is 13.1 Å². The first-order valence-electron chi connectivity index (χ1n) is 17.0. The summed E-state index contributed by atoms with van der Waals surface area (Å²) in [5.74, 6) is -6.32. The summed E-state index contributed by atoms with van der Waals surface area (Å²) in [5, 5.41) is 19.5. The highest BCUT2D eigenvalue weighted by Crippen LogP contribution is 2.37. The molecule has 3 rings (SSSR count). The van der Waals surface area contributed by atoms with Crippen LogP contribution in [0.1, 0.15) is 56.7 Å². The lowest BCUT2D eigenvalue weighted by molar-refractivity contribution is -0.143. The Bertz CT molecular complexity index is 1690. The number of nitrogens with zero attached hydrogens (tertiary/aromatic N) is 2. The van der Waals surface area contributed by atoms with Crippen LogP contribution in [0.2, 0.25) is 0 Å². The van der Waals surface area contributed by atoms with Gasteiger partial charge in [-0.2, -0.15) is 0 Å². The minimum Gasteiger partial charge on any atom is -0.481 e. The molecule has 2 aromatic rings. The van der Waals surface area contributed by atoms with Crippen LogP contribution in [0.3, 0.4) is 0 Å². The minimum absolute atomic E-state index is 0.0274. The van der Waals surface area contributed by atoms with E-state index in [-0.39, 0.29) is 44.5 Å². The van der Waals surface area contributed by atoms with E-state index in [4.69, 9.17) is 21.3 Å². The molecule has 0 saturated carbocycles. The number of benzene rings is 1. The molecule has 12 N–H and O–H groups in total. The molecule has 5 atom stereocenters. The predicted octanol–water partition coefficient (Wildman–Crippen LogP) is -2.29. The molecule has 0 aliphatic carbocycles. The zero-order chi connectivity index (χ0) is 40.0. The van der Waals surface area contributed by atoms with Crippen LogP contribution >= 0.6 is 7.82 Å². The maximum absolute atomic E-state index is 14.0. The molecule has 0 bridgehead atoms. The molecule has 22 heteroatoms. The molecule has 0 radical (unpaired) electrons. The second kappa shape index (κ2) is 20.2. The molecular weight excluding hydrogens is 733 g/mol. The number of hydrogen-bond acceptors (Lipinski definition) is 11. The Morgan fingerprint density at radius 2 is 1.63 bits per heavy atom. The lowest BCUT2D eigenvalue weighted by Crippen LogP contribution is -2.59. The van der Waals surface area contributed by atoms with Crippen molar-refractivity contribution in [3.8, 4) is 5.75 Å². The SMILES string of the molecule is CC(=O)N[C@@H](Cc1ccc(OP(=O)(O)O)cc1)C(=O)N[C@@H](CC(=O)O)C(=O)N[C@@H](CCCCN)C(=O)N1CCC[C@H]1C(=O)N[C@@H](Cc1cnc[nH]1)C(N)=O. The number of phosphoric ester groups is 1. The van der Waals surface area contributed by atoms with Gasteiger partial charge in [-0.1, -0.05) is 12.1 Å². The predicted molar refractivity (Wildman–Crippen MR) is 188 cm³/mol. The monoisotopic (exact) mass is 779 g/mol. The topological polar surface area (TPSA) is 339 Å². The van der Waals surface area contributed by atoms with Crippen molar-refractivity contribution >= 4 is 49.2 Å². The molecule has 1 aliphatic rings. The third-order valence-electron chi connectivity index (χ3n) is 8.33. The molecule has 1 aliphatic heterocycles. The second-order valence-electron chi connectivity index (χ2n) is 12.6. The molecule has 54 heavy (non-hydrogen) atoms. The summed E-state index contributed by atoms with van der Waals surface area (Å²) < 4.78 is 15.6. The number of carbonyl (C=O) groups excluding carboxylic acids is 6. The first-order chi connectivity index (χ1) is 25.5. The average Bonchev–Trinajstić information content (AvgIpc) is 3.79. The normalized spacial score (nSPS) is 16.3. The molecule has 1 aromatic carbocycles. The summed E-state index contributed by atoms with van der Waals surface area (Å²) in [6.45, 7) is 1.55. The summed E-state index contributed by atoms with van der Waals surface area (Å²) >= 11 is 0. The average molecular weight is 780 g/mol. The number of rotatable bonds is 21. The highest BCUT2D eigenvalue weighted by molar-refractivity contribution is 7.46. The van der Waals surface area contributed by atoms with Crippen LogP contribution in [0, 0.1) is 0 Å². The van der Waals surface area contributed by atoms with Crippen molar-refractivity contribution in [2.24, 2.45) is 11.5 Å². The minimum atomic E-state index is -4.83. The van der Waals surface area contributed by atoms with Gasteiger partial charge < -0.3 is 52.2 Å². The van der Waals surface area contributed by atoms with Gasteiger partial charge in [0.25, 0.3) is 0 Å². The number of primary amides is 1. The van der Waals surface area contributed by atoms with Gasteiger partial charge in [0.05, 0.1) is 12.7 Å². The lowest BCUT2D eigenvalue weighted by Gasteiger charge is -2.30. The van der Waals surface area contributed by atoms with Gasteiger partial charge in [0.1, 0.15) is 36.0 Å². The summed E-state index contributed by atoms with van der Waals surface area (Å²) in [6.07, 6.45) is 3.38. The van der Waals surface area contributed by atoms with E-state index in [1.54, 1.807) is 0 Å². The Morgan fingerprint density at radius 3 is 2.20 bits per heavy atom. The fraction of sp³-hybridized carbons (Fsp3) is 0.500. The number of nitrogens with two attached hydrogens (primary N) is 2. The summed E-state index contributed by atoms with van der Waals surface area (Å²) in [7, 11) is -4.83. The Kier molecular flexibility index (Phi) is 16.1. The quantitative estimate of drug-likeness (QED) is 0.0471. The number of hydrogen-bond donors (Lipinski definition) is 10. The Hall–Kier alpha value is -5.37. The van der Waals surface area contributed by atoms with Crippen LogP contribution in [0.15, 0.2) is 36.8 Å². The highest BCUT2D eigenvalue weighted by Gasteiger charge is 2.39. The number of carbonyl (C=O) groups is 7. The van der Waals surface area contributed by atoms with Crippen LogP contribution in [0.5, 0.6) is 5.75 Å². The van der Waals surface area contributed by atoms with Crippen molar-refractivity contribution < 1.29 is 57.5 Å². The molecule has 2 heterocycles. The summed E-state index contributed by atoms with van der Waals surface area (Å²) in [6, 6.07) is -1.22. The number of phosphoric acid groups is 1. The number of likely N-dealkylation sites (tertiary alicyclic amines) is 1. The fourth-order valence-corrected chi connectivity index (χ4v) is 6.20. The van der Waals surface area contributed by atoms with Gasteiger partial charge in [0, 0.05) is 38.2 Å². The maximum Gasteiger partial charge on any atom is 0.524 e. The van der Waals surface area contributed by atoms with Gasteiger partial charge >= 0.3 is 13.8 Å². The van der Waals surface area contributed by atoms with Crippen LogP contribution < -0.4 is 37.3 Å². The number of H-pyrrole nitrogens is 1. The van der Waals surface area contributed by atoms with Crippen LogP contribution in [0.4, 0.5) is 0 Å². The van der Waals surface area contributed by atoms with E-state index in [0.717, 1.165) is 6.92 Å². The van der Waals surface area contributed by atoms with Gasteiger partial charge in [-0.3, -0.25) is 43.3 Å². The zero-order valence-electron chi connectivity index (χ0n) is 29.4. The number of aliphatic carboxylic acids is 1. The Balaban J connectivity index is 1.77. The number of imidazole rings is 1. The third kappa shape index (κ3) is 13.9. The first kappa shape index (κ1) is 43.0. The van der Waals surface area contributed by atoms with Crippen molar-refractivity contribution in [2.45, 2.75) is 88.5 Å². The molecule has 296 valence electrons. The second-order valence-corrected chi connectivity index (χ2v) is 13.8. The van der Waals surface area contributed by atoms with E-state index in [0.29, 0.717) is 30.5 Å². The van der Waals surface area contributed by atoms with Crippen molar-refractivity contribution in [3.63, 3.8) is 0 Å². The van der Waals surface area contributed by atoms with Gasteiger partial charge in [0.15, 0.2) is 0 Å². The number of carboxylic acids is 1. The largest absolute Gasteiger partial charge is 0.524 e. The first-order valence-corrected chi connectivity index (χ1v) is 18.5. The third-order valence-corrected chi connectivity index (χ3v) is 8.78. The number of nitrogens with one attached hydrogen (secondary N) is 5. The smallest absolute Gasteiger partial charge is 0.481 e. The molecule has 1 aromatic heterocycles. The lowest BCUT2D eigenvalue weighted by atomic mass is 10.0. The van der Waals surface area contributed by atoms with Crippen LogP contribution in [0.25, 0.3) is 0 Å². The van der Waals surface area contributed by atoms with Crippen LogP contribution in [-0.4, -0.2) is 114 Å². The molecule has 0 spiro atoms. The van der Waals surface area contributed by atoms with E-state index < -0.39 is 85.9 Å². The number of amides is 6. The van der Waals surface area contributed by atoms with E-state index in [2.05, 4.69) is 35.8 Å². The molecule has 21 nitrogen and oxygen atoms in total. The van der Waals surface area contributed by atoms with E-state index in [1.165, 1.54) is 41.7 Å². The fourth-order valence-electron chi connectivity index (χ4n) is 5.80. The van der Waals surface area contributed by atoms with E-state index in [9.17, 15) is 43.2 Å². The maximum atomic E-state index is 14.0. The number of aromatic nitrogens is 2. The van der Waals surface area contributed by atoms with Crippen molar-refractivity contribution in [1.29, 1.82) is 0 Å². The highest BCUT2D eigenvalue weighted by atomic mass is 31.2. The van der Waals surface area contributed by atoms with E-state index >= 15 is 0 Å².